The van der Waals surface area contributed by atoms with Crippen molar-refractivity contribution in [1.29, 1.82) is 0 Å². The molecule has 0 aliphatic carbocycles. The number of amides is 1. The number of nitrogens with zero attached hydrogens (tertiary/aromatic N) is 3. The predicted octanol–water partition coefficient (Wildman–Crippen LogP) is 2.08. The third-order valence-corrected chi connectivity index (χ3v) is 5.48. The van der Waals surface area contributed by atoms with Gasteiger partial charge in [-0.2, -0.15) is 0 Å². The number of rotatable bonds is 4. The van der Waals surface area contributed by atoms with Crippen molar-refractivity contribution in [3.05, 3.63) is 53.1 Å². The smallest absolute Gasteiger partial charge is 0.227 e. The minimum Gasteiger partial charge on any atom is -0.497 e. The summed E-state index contributed by atoms with van der Waals surface area (Å²) in [5.41, 5.74) is 3.38. The second-order valence-electron chi connectivity index (χ2n) is 7.33. The second-order valence-corrected chi connectivity index (χ2v) is 7.33. The molecule has 1 N–H and O–H groups in total. The lowest BCUT2D eigenvalue weighted by Gasteiger charge is -2.32. The van der Waals surface area contributed by atoms with Gasteiger partial charge in [0.05, 0.1) is 13.5 Å². The van der Waals surface area contributed by atoms with Crippen LogP contribution >= 0.6 is 0 Å². The first-order valence-electron chi connectivity index (χ1n) is 9.69. The summed E-state index contributed by atoms with van der Waals surface area (Å²) in [6.45, 7) is 3.36. The number of carbonyl (C=O) groups is 1. The number of nitrogens with one attached hydrogen (secondary N) is 1. The largest absolute Gasteiger partial charge is 0.497 e. The van der Waals surface area contributed by atoms with Crippen LogP contribution in [0, 0.1) is 0 Å². The molecule has 1 fully saturated rings. The molecular weight excluding hydrogens is 340 g/mol. The summed E-state index contributed by atoms with van der Waals surface area (Å²) in [6.07, 6.45) is 5.39. The number of carbonyl (C=O) groups excluding carboxylic acids is 1. The zero-order valence-corrected chi connectivity index (χ0v) is 15.8. The van der Waals surface area contributed by atoms with Crippen LogP contribution in [0.2, 0.25) is 0 Å². The molecule has 2 aliphatic heterocycles. The fourth-order valence-corrected chi connectivity index (χ4v) is 3.89. The Morgan fingerprint density at radius 1 is 1.33 bits per heavy atom. The zero-order chi connectivity index (χ0) is 18.6. The van der Waals surface area contributed by atoms with Crippen molar-refractivity contribution >= 4 is 5.91 Å². The number of ether oxygens (including phenoxy) is 1. The predicted molar refractivity (Wildman–Crippen MR) is 103 cm³/mol. The quantitative estimate of drug-likeness (QED) is 0.897. The first-order chi connectivity index (χ1) is 13.2. The summed E-state index contributed by atoms with van der Waals surface area (Å²) in [7, 11) is 1.65. The minimum atomic E-state index is 0.173. The van der Waals surface area contributed by atoms with Crippen LogP contribution in [0.1, 0.15) is 41.4 Å². The SMILES string of the molecule is COc1ccc(CC(=O)N2CCCC(c3ncc4c(n3)CCNC4)C2)cc1. The molecule has 0 radical (unpaired) electrons. The van der Waals surface area contributed by atoms with Gasteiger partial charge in [-0.25, -0.2) is 9.97 Å². The Kier molecular flexibility index (Phi) is 5.34. The lowest BCUT2D eigenvalue weighted by atomic mass is 9.96. The molecular formula is C21H26N4O2. The maximum absolute atomic E-state index is 12.8. The molecule has 1 atom stereocenters. The van der Waals surface area contributed by atoms with Gasteiger partial charge in [-0.1, -0.05) is 12.1 Å². The second kappa shape index (κ2) is 8.05. The molecule has 6 heteroatoms. The van der Waals surface area contributed by atoms with E-state index in [1.807, 2.05) is 35.4 Å². The Labute approximate surface area is 160 Å². The first kappa shape index (κ1) is 17.9. The monoisotopic (exact) mass is 366 g/mol. The van der Waals surface area contributed by atoms with E-state index in [4.69, 9.17) is 9.72 Å². The summed E-state index contributed by atoms with van der Waals surface area (Å²) in [4.78, 5) is 24.2. The standard InChI is InChI=1S/C21H26N4O2/c1-27-18-6-4-15(5-7-18)11-20(26)25-10-2-3-16(14-25)21-23-13-17-12-22-9-8-19(17)24-21/h4-7,13,16,22H,2-3,8-12,14H2,1H3. The summed E-state index contributed by atoms with van der Waals surface area (Å²) < 4.78 is 5.18. The number of methoxy groups -OCH3 is 1. The minimum absolute atomic E-state index is 0.173. The van der Waals surface area contributed by atoms with Crippen molar-refractivity contribution in [3.63, 3.8) is 0 Å². The van der Waals surface area contributed by atoms with Gasteiger partial charge in [0.15, 0.2) is 0 Å². The number of aromatic nitrogens is 2. The van der Waals surface area contributed by atoms with E-state index in [-0.39, 0.29) is 11.8 Å². The van der Waals surface area contributed by atoms with Crippen LogP contribution in [0.15, 0.2) is 30.5 Å². The lowest BCUT2D eigenvalue weighted by molar-refractivity contribution is -0.131. The van der Waals surface area contributed by atoms with E-state index in [9.17, 15) is 4.79 Å². The number of hydrogen-bond acceptors (Lipinski definition) is 5. The average Bonchev–Trinajstić information content (AvgIpc) is 2.74. The first-order valence-corrected chi connectivity index (χ1v) is 9.69. The molecule has 1 aromatic carbocycles. The van der Waals surface area contributed by atoms with Gasteiger partial charge >= 0.3 is 0 Å². The van der Waals surface area contributed by atoms with Crippen molar-refractivity contribution in [2.24, 2.45) is 0 Å². The number of hydrogen-bond donors (Lipinski definition) is 1. The van der Waals surface area contributed by atoms with Gasteiger partial charge in [0, 0.05) is 56.0 Å². The maximum Gasteiger partial charge on any atom is 0.227 e. The van der Waals surface area contributed by atoms with E-state index in [1.54, 1.807) is 7.11 Å². The highest BCUT2D eigenvalue weighted by Gasteiger charge is 2.27. The fourth-order valence-electron chi connectivity index (χ4n) is 3.89. The highest BCUT2D eigenvalue weighted by molar-refractivity contribution is 5.79. The van der Waals surface area contributed by atoms with E-state index >= 15 is 0 Å². The fraction of sp³-hybridized carbons (Fsp3) is 0.476. The van der Waals surface area contributed by atoms with Crippen LogP contribution in [-0.2, 0) is 24.2 Å². The van der Waals surface area contributed by atoms with Crippen LogP contribution in [0.3, 0.4) is 0 Å². The molecule has 1 unspecified atom stereocenters. The highest BCUT2D eigenvalue weighted by Crippen LogP contribution is 2.26. The molecule has 1 saturated heterocycles. The third-order valence-electron chi connectivity index (χ3n) is 5.48. The van der Waals surface area contributed by atoms with Gasteiger partial charge in [0.25, 0.3) is 0 Å². The number of fused-ring (bicyclic) bond motifs is 1. The van der Waals surface area contributed by atoms with E-state index in [2.05, 4.69) is 10.3 Å². The van der Waals surface area contributed by atoms with Crippen molar-refractivity contribution < 1.29 is 9.53 Å². The van der Waals surface area contributed by atoms with Crippen molar-refractivity contribution in [2.75, 3.05) is 26.7 Å². The molecule has 27 heavy (non-hydrogen) atoms. The molecule has 2 aliphatic rings. The van der Waals surface area contributed by atoms with Crippen molar-refractivity contribution in [2.45, 2.75) is 38.1 Å². The molecule has 6 nitrogen and oxygen atoms in total. The molecule has 0 spiro atoms. The van der Waals surface area contributed by atoms with Crippen LogP contribution < -0.4 is 10.1 Å². The van der Waals surface area contributed by atoms with E-state index < -0.39 is 0 Å². The van der Waals surface area contributed by atoms with Crippen LogP contribution in [0.5, 0.6) is 5.75 Å². The zero-order valence-electron chi connectivity index (χ0n) is 15.8. The normalized spacial score (nSPS) is 19.4. The Morgan fingerprint density at radius 3 is 3.00 bits per heavy atom. The van der Waals surface area contributed by atoms with E-state index in [0.717, 1.165) is 56.0 Å². The molecule has 0 bridgehead atoms. The lowest BCUT2D eigenvalue weighted by Crippen LogP contribution is -2.40. The summed E-state index contributed by atoms with van der Waals surface area (Å²) in [5, 5.41) is 3.35. The molecule has 4 rings (SSSR count). The Morgan fingerprint density at radius 2 is 2.19 bits per heavy atom. The van der Waals surface area contributed by atoms with Gasteiger partial charge < -0.3 is 15.0 Å². The van der Waals surface area contributed by atoms with Gasteiger partial charge in [-0.3, -0.25) is 4.79 Å². The molecule has 3 heterocycles. The van der Waals surface area contributed by atoms with Gasteiger partial charge in [0.1, 0.15) is 11.6 Å². The Balaban J connectivity index is 1.42. The highest BCUT2D eigenvalue weighted by atomic mass is 16.5. The van der Waals surface area contributed by atoms with Gasteiger partial charge in [-0.15, -0.1) is 0 Å². The van der Waals surface area contributed by atoms with Crippen LogP contribution in [0.25, 0.3) is 0 Å². The number of benzene rings is 1. The van der Waals surface area contributed by atoms with Crippen molar-refractivity contribution in [1.82, 2.24) is 20.2 Å². The van der Waals surface area contributed by atoms with E-state index in [0.29, 0.717) is 13.0 Å². The van der Waals surface area contributed by atoms with Crippen LogP contribution in [0.4, 0.5) is 0 Å². The molecule has 1 amide bonds. The summed E-state index contributed by atoms with van der Waals surface area (Å²) in [6, 6.07) is 7.71. The molecule has 142 valence electrons. The van der Waals surface area contributed by atoms with Crippen LogP contribution in [-0.4, -0.2) is 47.5 Å². The molecule has 0 saturated carbocycles. The Bertz CT molecular complexity index is 806. The van der Waals surface area contributed by atoms with Gasteiger partial charge in [0.2, 0.25) is 5.91 Å². The third kappa shape index (κ3) is 4.11. The maximum atomic E-state index is 12.8. The van der Waals surface area contributed by atoms with Gasteiger partial charge in [-0.05, 0) is 30.5 Å². The van der Waals surface area contributed by atoms with E-state index in [1.165, 1.54) is 11.3 Å². The summed E-state index contributed by atoms with van der Waals surface area (Å²) >= 11 is 0. The molecule has 2 aromatic rings. The van der Waals surface area contributed by atoms with Crippen molar-refractivity contribution in [3.8, 4) is 5.75 Å². The Hall–Kier alpha value is -2.47. The number of piperidine rings is 1. The molecule has 1 aromatic heterocycles. The topological polar surface area (TPSA) is 67.3 Å². The average molecular weight is 366 g/mol. The number of likely N-dealkylation sites (tertiary alicyclic amines) is 1. The summed E-state index contributed by atoms with van der Waals surface area (Å²) in [5.74, 6) is 2.12.